The van der Waals surface area contributed by atoms with Crippen LogP contribution in [-0.2, 0) is 16.1 Å². The van der Waals surface area contributed by atoms with Gasteiger partial charge in [0.25, 0.3) is 5.56 Å². The highest BCUT2D eigenvalue weighted by Gasteiger charge is 2.11. The molecule has 0 aliphatic carbocycles. The van der Waals surface area contributed by atoms with Crippen molar-refractivity contribution >= 4 is 22.6 Å². The fraction of sp³-hybridized carbons (Fsp3) is 0.267. The van der Waals surface area contributed by atoms with Gasteiger partial charge < -0.3 is 9.30 Å². The van der Waals surface area contributed by atoms with Crippen LogP contribution in [0.3, 0.4) is 0 Å². The molecule has 0 N–H and O–H groups in total. The molecule has 3 rings (SSSR count). The molecule has 0 fully saturated rings. The summed E-state index contributed by atoms with van der Waals surface area (Å²) in [5.74, 6) is -0.269. The minimum Gasteiger partial charge on any atom is -0.469 e. The van der Waals surface area contributed by atoms with Crippen LogP contribution in [0.2, 0.25) is 0 Å². The molecule has 0 unspecified atom stereocenters. The van der Waals surface area contributed by atoms with Crippen LogP contribution in [0.1, 0.15) is 12.8 Å². The largest absolute Gasteiger partial charge is 0.469 e. The van der Waals surface area contributed by atoms with E-state index in [1.807, 2.05) is 18.3 Å². The standard InChI is InChI=1S/C15H15N3O3/c1-21-13(19)7-4-10-18-11-5-2-8-16-14(11)17-9-3-6-12(17)15(18)20/h2-3,5-6,8-9H,4,7,10H2,1H3. The maximum atomic E-state index is 12.5. The summed E-state index contributed by atoms with van der Waals surface area (Å²) < 4.78 is 8.07. The van der Waals surface area contributed by atoms with Gasteiger partial charge in [-0.1, -0.05) is 0 Å². The molecule has 0 amide bonds. The van der Waals surface area contributed by atoms with Gasteiger partial charge in [-0.3, -0.25) is 14.0 Å². The number of hydrogen-bond acceptors (Lipinski definition) is 4. The predicted molar refractivity (Wildman–Crippen MR) is 78.2 cm³/mol. The lowest BCUT2D eigenvalue weighted by atomic mass is 10.3. The third-order valence-electron chi connectivity index (χ3n) is 3.49. The summed E-state index contributed by atoms with van der Waals surface area (Å²) >= 11 is 0. The quantitative estimate of drug-likeness (QED) is 0.683. The van der Waals surface area contributed by atoms with E-state index in [-0.39, 0.29) is 17.9 Å². The molecule has 0 saturated carbocycles. The first kappa shape index (κ1) is 13.4. The normalized spacial score (nSPS) is 11.1. The Morgan fingerprint density at radius 3 is 2.90 bits per heavy atom. The van der Waals surface area contributed by atoms with Crippen molar-refractivity contribution in [2.45, 2.75) is 19.4 Å². The van der Waals surface area contributed by atoms with Crippen LogP contribution in [-0.4, -0.2) is 27.0 Å². The molecule has 6 nitrogen and oxygen atoms in total. The highest BCUT2D eigenvalue weighted by molar-refractivity contribution is 5.75. The summed E-state index contributed by atoms with van der Waals surface area (Å²) in [5.41, 5.74) is 2.00. The lowest BCUT2D eigenvalue weighted by Gasteiger charge is -2.11. The van der Waals surface area contributed by atoms with Gasteiger partial charge >= 0.3 is 5.97 Å². The molecule has 6 heteroatoms. The summed E-state index contributed by atoms with van der Waals surface area (Å²) in [5, 5.41) is 0. The number of methoxy groups -OCH3 is 1. The topological polar surface area (TPSA) is 65.6 Å². The number of carbonyl (C=O) groups excluding carboxylic acids is 1. The van der Waals surface area contributed by atoms with E-state index in [2.05, 4.69) is 9.72 Å². The molecule has 0 aliphatic heterocycles. The van der Waals surface area contributed by atoms with Gasteiger partial charge in [0.2, 0.25) is 0 Å². The molecular weight excluding hydrogens is 270 g/mol. The summed E-state index contributed by atoms with van der Waals surface area (Å²) in [6, 6.07) is 7.26. The fourth-order valence-electron chi connectivity index (χ4n) is 2.48. The smallest absolute Gasteiger partial charge is 0.305 e. The number of pyridine rings is 1. The van der Waals surface area contributed by atoms with Gasteiger partial charge in [-0.05, 0) is 30.7 Å². The van der Waals surface area contributed by atoms with Crippen LogP contribution in [0, 0.1) is 0 Å². The zero-order valence-corrected chi connectivity index (χ0v) is 11.7. The molecule has 0 spiro atoms. The van der Waals surface area contributed by atoms with E-state index in [9.17, 15) is 9.59 Å². The Hall–Kier alpha value is -2.63. The number of rotatable bonds is 4. The molecular formula is C15H15N3O3. The van der Waals surface area contributed by atoms with E-state index in [0.29, 0.717) is 18.5 Å². The second-order valence-electron chi connectivity index (χ2n) is 4.75. The van der Waals surface area contributed by atoms with Gasteiger partial charge in [-0.15, -0.1) is 0 Å². The van der Waals surface area contributed by atoms with Crippen LogP contribution in [0.25, 0.3) is 16.7 Å². The second-order valence-corrected chi connectivity index (χ2v) is 4.75. The molecule has 0 saturated heterocycles. The number of aryl methyl sites for hydroxylation is 1. The molecule has 3 aromatic rings. The highest BCUT2D eigenvalue weighted by atomic mass is 16.5. The number of fused-ring (bicyclic) bond motifs is 3. The third-order valence-corrected chi connectivity index (χ3v) is 3.49. The van der Waals surface area contributed by atoms with E-state index >= 15 is 0 Å². The molecule has 21 heavy (non-hydrogen) atoms. The first-order valence-electron chi connectivity index (χ1n) is 6.74. The zero-order valence-electron chi connectivity index (χ0n) is 11.7. The van der Waals surface area contributed by atoms with Crippen molar-refractivity contribution in [3.05, 3.63) is 47.0 Å². The fourth-order valence-corrected chi connectivity index (χ4v) is 2.48. The maximum Gasteiger partial charge on any atom is 0.305 e. The number of hydrogen-bond donors (Lipinski definition) is 0. The predicted octanol–water partition coefficient (Wildman–Crippen LogP) is 1.60. The Bertz CT molecular complexity index is 863. The van der Waals surface area contributed by atoms with E-state index in [1.54, 1.807) is 27.3 Å². The molecule has 0 radical (unpaired) electrons. The lowest BCUT2D eigenvalue weighted by molar-refractivity contribution is -0.140. The number of ether oxygens (including phenoxy) is 1. The van der Waals surface area contributed by atoms with Gasteiger partial charge in [-0.2, -0.15) is 0 Å². The molecule has 0 aromatic carbocycles. The SMILES string of the molecule is COC(=O)CCCn1c(=O)c2cccn2c2ncccc21. The number of esters is 1. The number of nitrogens with zero attached hydrogens (tertiary/aromatic N) is 3. The van der Waals surface area contributed by atoms with E-state index < -0.39 is 0 Å². The maximum absolute atomic E-state index is 12.5. The third kappa shape index (κ3) is 2.29. The van der Waals surface area contributed by atoms with Crippen molar-refractivity contribution in [3.8, 4) is 0 Å². The first-order valence-corrected chi connectivity index (χ1v) is 6.74. The van der Waals surface area contributed by atoms with Crippen molar-refractivity contribution in [3.63, 3.8) is 0 Å². The molecule has 0 aliphatic rings. The summed E-state index contributed by atoms with van der Waals surface area (Å²) in [7, 11) is 1.36. The number of aromatic nitrogens is 3. The van der Waals surface area contributed by atoms with E-state index in [0.717, 1.165) is 11.2 Å². The number of carbonyl (C=O) groups is 1. The Balaban J connectivity index is 2.08. The van der Waals surface area contributed by atoms with Crippen molar-refractivity contribution in [2.75, 3.05) is 7.11 Å². The van der Waals surface area contributed by atoms with Crippen LogP contribution in [0.15, 0.2) is 41.5 Å². The minimum atomic E-state index is -0.269. The van der Waals surface area contributed by atoms with E-state index in [1.165, 1.54) is 7.11 Å². The van der Waals surface area contributed by atoms with Crippen LogP contribution >= 0.6 is 0 Å². The average molecular weight is 285 g/mol. The van der Waals surface area contributed by atoms with Gasteiger partial charge in [0.05, 0.1) is 12.6 Å². The van der Waals surface area contributed by atoms with Crippen molar-refractivity contribution in [2.24, 2.45) is 0 Å². The average Bonchev–Trinajstić information content (AvgIpc) is 3.00. The Labute approximate surface area is 120 Å². The van der Waals surface area contributed by atoms with Crippen LogP contribution in [0.4, 0.5) is 0 Å². The van der Waals surface area contributed by atoms with Crippen molar-refractivity contribution in [1.29, 1.82) is 0 Å². The van der Waals surface area contributed by atoms with Gasteiger partial charge in [-0.25, -0.2) is 4.98 Å². The van der Waals surface area contributed by atoms with E-state index in [4.69, 9.17) is 0 Å². The summed E-state index contributed by atoms with van der Waals surface area (Å²) in [4.78, 5) is 28.1. The molecule has 0 bridgehead atoms. The highest BCUT2D eigenvalue weighted by Crippen LogP contribution is 2.13. The molecule has 3 aromatic heterocycles. The Morgan fingerprint density at radius 1 is 1.29 bits per heavy atom. The van der Waals surface area contributed by atoms with Gasteiger partial charge in [0, 0.05) is 25.4 Å². The Kier molecular flexibility index (Phi) is 3.43. The molecule has 3 heterocycles. The van der Waals surface area contributed by atoms with Crippen LogP contribution in [0.5, 0.6) is 0 Å². The lowest BCUT2D eigenvalue weighted by Crippen LogP contribution is -2.23. The first-order chi connectivity index (χ1) is 10.2. The summed E-state index contributed by atoms with van der Waals surface area (Å²) in [6.07, 6.45) is 4.36. The van der Waals surface area contributed by atoms with Gasteiger partial charge in [0.15, 0.2) is 5.65 Å². The van der Waals surface area contributed by atoms with Gasteiger partial charge in [0.1, 0.15) is 5.52 Å². The van der Waals surface area contributed by atoms with Crippen molar-refractivity contribution < 1.29 is 9.53 Å². The zero-order chi connectivity index (χ0) is 14.8. The monoisotopic (exact) mass is 285 g/mol. The minimum absolute atomic E-state index is 0.0784. The van der Waals surface area contributed by atoms with Crippen molar-refractivity contribution in [1.82, 2.24) is 14.0 Å². The second kappa shape index (κ2) is 5.40. The molecule has 0 atom stereocenters. The molecule has 108 valence electrons. The van der Waals surface area contributed by atoms with Crippen LogP contribution < -0.4 is 5.56 Å². The summed E-state index contributed by atoms with van der Waals surface area (Å²) in [6.45, 7) is 0.456. The Morgan fingerprint density at radius 2 is 2.10 bits per heavy atom.